The van der Waals surface area contributed by atoms with Crippen molar-refractivity contribution in [2.24, 2.45) is 17.3 Å². The summed E-state index contributed by atoms with van der Waals surface area (Å²) in [5, 5.41) is 10.5. The molecule has 2 heteroatoms. The number of hydrogen-bond donors (Lipinski definition) is 1. The van der Waals surface area contributed by atoms with Gasteiger partial charge in [0.15, 0.2) is 0 Å². The van der Waals surface area contributed by atoms with E-state index in [1.54, 1.807) is 5.56 Å². The summed E-state index contributed by atoms with van der Waals surface area (Å²) >= 11 is 0. The van der Waals surface area contributed by atoms with Crippen LogP contribution in [0.5, 0.6) is 5.75 Å². The molecule has 6 atom stereocenters. The summed E-state index contributed by atoms with van der Waals surface area (Å²) in [5.41, 5.74) is 3.27. The molecular weight excluding hydrogens is 296 g/mol. The van der Waals surface area contributed by atoms with Crippen molar-refractivity contribution < 1.29 is 9.84 Å². The molecule has 2 saturated carbocycles. The van der Waals surface area contributed by atoms with Gasteiger partial charge in [-0.15, -0.1) is 0 Å². The van der Waals surface area contributed by atoms with Gasteiger partial charge in [-0.3, -0.25) is 0 Å². The fraction of sp³-hybridized carbons (Fsp3) is 0.727. The van der Waals surface area contributed by atoms with Crippen molar-refractivity contribution in [3.63, 3.8) is 0 Å². The van der Waals surface area contributed by atoms with Crippen LogP contribution in [0.3, 0.4) is 0 Å². The highest BCUT2D eigenvalue weighted by molar-refractivity contribution is 5.40. The zero-order chi connectivity index (χ0) is 16.9. The smallest absolute Gasteiger partial charge is 0.119 e. The minimum atomic E-state index is -0.0730. The summed E-state index contributed by atoms with van der Waals surface area (Å²) in [6.07, 6.45) is 8.39. The molecule has 132 valence electrons. The lowest BCUT2D eigenvalue weighted by atomic mass is 9.55. The maximum atomic E-state index is 10.5. The molecular formula is C22H32O2. The zero-order valence-corrected chi connectivity index (χ0v) is 15.4. The van der Waals surface area contributed by atoms with Gasteiger partial charge in [-0.05, 0) is 98.3 Å². The fourth-order valence-corrected chi connectivity index (χ4v) is 5.92. The third kappa shape index (κ3) is 2.49. The number of hydrogen-bond acceptors (Lipinski definition) is 2. The molecule has 0 spiro atoms. The van der Waals surface area contributed by atoms with Crippen LogP contribution in [0.15, 0.2) is 18.2 Å². The standard InChI is InChI=1S/C22H32O2/c1-4-14(2)24-16-6-8-17-15(13-16)5-7-19-18(17)11-12-22(3)20(19)9-10-21(22)23/h6,8,13-14,18-21,23H,4-5,7,9-12H2,1-3H3/t14?,18-,19-,20+,21+,22+/m1/s1. The molecule has 1 N–H and O–H groups in total. The van der Waals surface area contributed by atoms with Gasteiger partial charge >= 0.3 is 0 Å². The highest BCUT2D eigenvalue weighted by Crippen LogP contribution is 2.60. The van der Waals surface area contributed by atoms with Crippen molar-refractivity contribution in [2.45, 2.75) is 83.8 Å². The minimum absolute atomic E-state index is 0.0730. The first-order chi connectivity index (χ1) is 11.5. The Morgan fingerprint density at radius 3 is 2.88 bits per heavy atom. The normalized spacial score (nSPS) is 38.8. The Morgan fingerprint density at radius 1 is 1.25 bits per heavy atom. The molecule has 1 aromatic carbocycles. The summed E-state index contributed by atoms with van der Waals surface area (Å²) in [6.45, 7) is 6.66. The number of aryl methyl sites for hydroxylation is 1. The molecule has 2 nitrogen and oxygen atoms in total. The van der Waals surface area contributed by atoms with E-state index in [4.69, 9.17) is 4.74 Å². The van der Waals surface area contributed by atoms with Gasteiger partial charge in [-0.25, -0.2) is 0 Å². The van der Waals surface area contributed by atoms with E-state index in [9.17, 15) is 5.11 Å². The second kappa shape index (κ2) is 6.05. The molecule has 0 bridgehead atoms. The largest absolute Gasteiger partial charge is 0.491 e. The number of aliphatic hydroxyl groups is 1. The first-order valence-corrected chi connectivity index (χ1v) is 10.0. The van der Waals surface area contributed by atoms with Crippen molar-refractivity contribution in [1.29, 1.82) is 0 Å². The van der Waals surface area contributed by atoms with Crippen molar-refractivity contribution >= 4 is 0 Å². The van der Waals surface area contributed by atoms with Crippen LogP contribution in [-0.2, 0) is 6.42 Å². The van der Waals surface area contributed by atoms with E-state index in [-0.39, 0.29) is 17.6 Å². The van der Waals surface area contributed by atoms with Gasteiger partial charge in [0.25, 0.3) is 0 Å². The van der Waals surface area contributed by atoms with Crippen molar-refractivity contribution in [1.82, 2.24) is 0 Å². The zero-order valence-electron chi connectivity index (χ0n) is 15.4. The van der Waals surface area contributed by atoms with E-state index in [1.807, 2.05) is 0 Å². The Balaban J connectivity index is 1.59. The molecule has 24 heavy (non-hydrogen) atoms. The maximum absolute atomic E-state index is 10.5. The molecule has 3 aliphatic carbocycles. The van der Waals surface area contributed by atoms with Crippen molar-refractivity contribution in [3.8, 4) is 5.75 Å². The van der Waals surface area contributed by atoms with Crippen LogP contribution in [0.25, 0.3) is 0 Å². The summed E-state index contributed by atoms with van der Waals surface area (Å²) in [7, 11) is 0. The van der Waals surface area contributed by atoms with Gasteiger partial charge in [0.05, 0.1) is 12.2 Å². The minimum Gasteiger partial charge on any atom is -0.491 e. The molecule has 3 aliphatic rings. The van der Waals surface area contributed by atoms with E-state index in [0.717, 1.165) is 30.4 Å². The van der Waals surface area contributed by atoms with Crippen LogP contribution in [-0.4, -0.2) is 17.3 Å². The molecule has 0 heterocycles. The average molecular weight is 328 g/mol. The highest BCUT2D eigenvalue weighted by atomic mass is 16.5. The first-order valence-electron chi connectivity index (χ1n) is 10.0. The predicted octanol–water partition coefficient (Wildman–Crippen LogP) is 5.08. The lowest BCUT2D eigenvalue weighted by Gasteiger charge is -2.50. The first kappa shape index (κ1) is 16.4. The monoisotopic (exact) mass is 328 g/mol. The summed E-state index contributed by atoms with van der Waals surface area (Å²) in [6, 6.07) is 6.83. The molecule has 0 aromatic heterocycles. The number of aliphatic hydroxyl groups excluding tert-OH is 1. The molecule has 2 fully saturated rings. The third-order valence-electron chi connectivity index (χ3n) is 7.56. The van der Waals surface area contributed by atoms with Crippen molar-refractivity contribution in [2.75, 3.05) is 0 Å². The van der Waals surface area contributed by atoms with Gasteiger partial charge in [-0.1, -0.05) is 19.9 Å². The Bertz CT molecular complexity index is 610. The van der Waals surface area contributed by atoms with Crippen LogP contribution in [0.2, 0.25) is 0 Å². The molecule has 1 unspecified atom stereocenters. The Labute approximate surface area is 146 Å². The van der Waals surface area contributed by atoms with Crippen LogP contribution in [0, 0.1) is 17.3 Å². The van der Waals surface area contributed by atoms with Gasteiger partial charge in [-0.2, -0.15) is 0 Å². The quantitative estimate of drug-likeness (QED) is 0.838. The SMILES string of the molecule is CCC(C)Oc1ccc2c(c1)CC[C@@H]1[C@@H]2CC[C@]2(C)[C@@H](O)CC[C@@H]12. The predicted molar refractivity (Wildman–Crippen MR) is 97.4 cm³/mol. The molecule has 1 aromatic rings. The maximum Gasteiger partial charge on any atom is 0.119 e. The Hall–Kier alpha value is -1.02. The highest BCUT2D eigenvalue weighted by Gasteiger charge is 2.54. The summed E-state index contributed by atoms with van der Waals surface area (Å²) in [5.74, 6) is 3.23. The Morgan fingerprint density at radius 2 is 2.08 bits per heavy atom. The van der Waals surface area contributed by atoms with Crippen LogP contribution in [0.1, 0.15) is 76.3 Å². The summed E-state index contributed by atoms with van der Waals surface area (Å²) < 4.78 is 6.03. The lowest BCUT2D eigenvalue weighted by Crippen LogP contribution is -2.43. The average Bonchev–Trinajstić information content (AvgIpc) is 2.89. The summed E-state index contributed by atoms with van der Waals surface area (Å²) in [4.78, 5) is 0. The number of benzene rings is 1. The fourth-order valence-electron chi connectivity index (χ4n) is 5.92. The molecule has 4 rings (SSSR count). The second-order valence-corrected chi connectivity index (χ2v) is 8.75. The Kier molecular flexibility index (Phi) is 4.15. The topological polar surface area (TPSA) is 29.5 Å². The van der Waals surface area contributed by atoms with Crippen LogP contribution < -0.4 is 4.74 Å². The van der Waals surface area contributed by atoms with Crippen LogP contribution in [0.4, 0.5) is 0 Å². The molecule has 0 aliphatic heterocycles. The third-order valence-corrected chi connectivity index (χ3v) is 7.56. The van der Waals surface area contributed by atoms with E-state index in [0.29, 0.717) is 5.92 Å². The second-order valence-electron chi connectivity index (χ2n) is 8.75. The number of fused-ring (bicyclic) bond motifs is 5. The van der Waals surface area contributed by atoms with Gasteiger partial charge in [0.1, 0.15) is 5.75 Å². The van der Waals surface area contributed by atoms with Gasteiger partial charge < -0.3 is 9.84 Å². The molecule has 0 saturated heterocycles. The van der Waals surface area contributed by atoms with E-state index >= 15 is 0 Å². The molecule has 0 amide bonds. The van der Waals surface area contributed by atoms with E-state index < -0.39 is 0 Å². The van der Waals surface area contributed by atoms with Gasteiger partial charge in [0, 0.05) is 0 Å². The van der Waals surface area contributed by atoms with Crippen molar-refractivity contribution in [3.05, 3.63) is 29.3 Å². The lowest BCUT2D eigenvalue weighted by molar-refractivity contribution is -0.0226. The number of ether oxygens (including phenoxy) is 1. The number of rotatable bonds is 3. The molecule has 0 radical (unpaired) electrons. The van der Waals surface area contributed by atoms with Gasteiger partial charge in [0.2, 0.25) is 0 Å². The van der Waals surface area contributed by atoms with E-state index in [1.165, 1.54) is 37.7 Å². The van der Waals surface area contributed by atoms with E-state index in [2.05, 4.69) is 39.0 Å². The van der Waals surface area contributed by atoms with Crippen LogP contribution >= 0.6 is 0 Å².